The standard InChI is InChI=1S/C24H42O4/c1-18(25)11-6-3-4-7-12-19-20(22(27)17-21(19)26)13-8-5-9-14-23(28)24(2)15-10-16-24/h19-20,22-23,27-28H,3-17H2,1-2H3/t19-,20-,22?,23?/m1/s1. The minimum absolute atomic E-state index is 0.0299. The van der Waals surface area contributed by atoms with Crippen LogP contribution < -0.4 is 0 Å². The first-order chi connectivity index (χ1) is 13.3. The zero-order chi connectivity index (χ0) is 20.6. The van der Waals surface area contributed by atoms with Crippen LogP contribution >= 0.6 is 0 Å². The number of rotatable bonds is 14. The molecule has 2 aliphatic rings. The first-order valence-corrected chi connectivity index (χ1v) is 11.7. The second-order valence-electron chi connectivity index (χ2n) is 9.82. The molecular formula is C24H42O4. The van der Waals surface area contributed by atoms with Gasteiger partial charge in [-0.05, 0) is 56.8 Å². The van der Waals surface area contributed by atoms with Crippen LogP contribution in [0.3, 0.4) is 0 Å². The van der Waals surface area contributed by atoms with Gasteiger partial charge in [0.05, 0.1) is 12.2 Å². The van der Waals surface area contributed by atoms with Gasteiger partial charge in [-0.3, -0.25) is 4.79 Å². The van der Waals surface area contributed by atoms with Gasteiger partial charge in [0.25, 0.3) is 0 Å². The van der Waals surface area contributed by atoms with Crippen LogP contribution in [0, 0.1) is 17.3 Å². The highest BCUT2D eigenvalue weighted by molar-refractivity contribution is 5.84. The largest absolute Gasteiger partial charge is 0.393 e. The van der Waals surface area contributed by atoms with Crippen molar-refractivity contribution in [2.24, 2.45) is 17.3 Å². The molecule has 2 unspecified atom stereocenters. The number of carbonyl (C=O) groups excluding carboxylic acids is 2. The van der Waals surface area contributed by atoms with Crippen LogP contribution in [0.1, 0.15) is 110 Å². The summed E-state index contributed by atoms with van der Waals surface area (Å²) in [5.41, 5.74) is 0.156. The first kappa shape index (κ1) is 23.5. The van der Waals surface area contributed by atoms with E-state index in [1.807, 2.05) is 0 Å². The molecule has 0 saturated heterocycles. The van der Waals surface area contributed by atoms with Gasteiger partial charge in [0, 0.05) is 18.8 Å². The van der Waals surface area contributed by atoms with E-state index in [0.29, 0.717) is 12.8 Å². The topological polar surface area (TPSA) is 74.6 Å². The molecule has 2 N–H and O–H groups in total. The Labute approximate surface area is 171 Å². The van der Waals surface area contributed by atoms with Crippen molar-refractivity contribution in [3.05, 3.63) is 0 Å². The second-order valence-corrected chi connectivity index (χ2v) is 9.82. The Kier molecular flexibility index (Phi) is 9.62. The highest BCUT2D eigenvalue weighted by Crippen LogP contribution is 2.44. The number of aliphatic hydroxyl groups excluding tert-OH is 2. The molecule has 162 valence electrons. The maximum Gasteiger partial charge on any atom is 0.138 e. The van der Waals surface area contributed by atoms with E-state index in [-0.39, 0.29) is 34.9 Å². The molecule has 2 rings (SSSR count). The molecule has 2 saturated carbocycles. The molecular weight excluding hydrogens is 352 g/mol. The summed E-state index contributed by atoms with van der Waals surface area (Å²) in [5, 5.41) is 20.7. The molecule has 4 nitrogen and oxygen atoms in total. The van der Waals surface area contributed by atoms with E-state index in [4.69, 9.17) is 0 Å². The van der Waals surface area contributed by atoms with Gasteiger partial charge in [0.1, 0.15) is 11.6 Å². The molecule has 2 aliphatic carbocycles. The Morgan fingerprint density at radius 1 is 1.07 bits per heavy atom. The molecule has 0 aromatic carbocycles. The molecule has 0 spiro atoms. The molecule has 0 aromatic rings. The lowest BCUT2D eigenvalue weighted by Gasteiger charge is -2.42. The number of unbranched alkanes of at least 4 members (excludes halogenated alkanes) is 5. The average Bonchev–Trinajstić information content (AvgIpc) is 2.88. The van der Waals surface area contributed by atoms with Crippen molar-refractivity contribution in [3.63, 3.8) is 0 Å². The monoisotopic (exact) mass is 394 g/mol. The van der Waals surface area contributed by atoms with E-state index >= 15 is 0 Å². The van der Waals surface area contributed by atoms with Crippen molar-refractivity contribution in [1.82, 2.24) is 0 Å². The molecule has 0 aromatic heterocycles. The van der Waals surface area contributed by atoms with Crippen molar-refractivity contribution in [2.75, 3.05) is 0 Å². The summed E-state index contributed by atoms with van der Waals surface area (Å²) >= 11 is 0. The number of hydrogen-bond donors (Lipinski definition) is 2. The highest BCUT2D eigenvalue weighted by atomic mass is 16.3. The zero-order valence-corrected chi connectivity index (χ0v) is 18.1. The third-order valence-electron chi connectivity index (χ3n) is 7.44. The van der Waals surface area contributed by atoms with E-state index in [0.717, 1.165) is 77.0 Å². The molecule has 0 amide bonds. The average molecular weight is 395 g/mol. The summed E-state index contributed by atoms with van der Waals surface area (Å²) < 4.78 is 0. The summed E-state index contributed by atoms with van der Waals surface area (Å²) in [6, 6.07) is 0. The SMILES string of the molecule is CC(=O)CCCCCC[C@H]1C(=O)CC(O)[C@@H]1CCCCCC(O)C1(C)CCC1. The third kappa shape index (κ3) is 6.95. The number of Topliss-reactive ketones (excluding diaryl/α,β-unsaturated/α-hetero) is 2. The Morgan fingerprint density at radius 2 is 1.71 bits per heavy atom. The molecule has 4 atom stereocenters. The Balaban J connectivity index is 1.61. The maximum atomic E-state index is 12.3. The van der Waals surface area contributed by atoms with Gasteiger partial charge in [0.2, 0.25) is 0 Å². The van der Waals surface area contributed by atoms with Crippen LogP contribution in [0.25, 0.3) is 0 Å². The van der Waals surface area contributed by atoms with E-state index < -0.39 is 6.10 Å². The fourth-order valence-electron chi connectivity index (χ4n) is 5.19. The fraction of sp³-hybridized carbons (Fsp3) is 0.917. The third-order valence-corrected chi connectivity index (χ3v) is 7.44. The van der Waals surface area contributed by atoms with E-state index in [1.165, 1.54) is 6.42 Å². The van der Waals surface area contributed by atoms with Crippen LogP contribution in [0.5, 0.6) is 0 Å². The number of hydrogen-bond acceptors (Lipinski definition) is 4. The number of carbonyl (C=O) groups is 2. The van der Waals surface area contributed by atoms with Gasteiger partial charge >= 0.3 is 0 Å². The molecule has 0 heterocycles. The van der Waals surface area contributed by atoms with Gasteiger partial charge < -0.3 is 15.0 Å². The first-order valence-electron chi connectivity index (χ1n) is 11.7. The van der Waals surface area contributed by atoms with Crippen molar-refractivity contribution in [1.29, 1.82) is 0 Å². The minimum Gasteiger partial charge on any atom is -0.393 e. The molecule has 2 fully saturated rings. The molecule has 4 heteroatoms. The quantitative estimate of drug-likeness (QED) is 0.407. The lowest BCUT2D eigenvalue weighted by atomic mass is 9.65. The van der Waals surface area contributed by atoms with Gasteiger partial charge in [-0.2, -0.15) is 0 Å². The normalized spacial score (nSPS) is 27.6. The van der Waals surface area contributed by atoms with Crippen molar-refractivity contribution in [2.45, 2.75) is 122 Å². The second kappa shape index (κ2) is 11.4. The minimum atomic E-state index is -0.463. The molecule has 0 aliphatic heterocycles. The van der Waals surface area contributed by atoms with Crippen LogP contribution in [0.2, 0.25) is 0 Å². The van der Waals surface area contributed by atoms with Gasteiger partial charge in [-0.1, -0.05) is 51.9 Å². The summed E-state index contributed by atoms with van der Waals surface area (Å²) in [6.07, 6.45) is 13.8. The molecule has 0 bridgehead atoms. The Morgan fingerprint density at radius 3 is 2.36 bits per heavy atom. The number of ketones is 2. The summed E-state index contributed by atoms with van der Waals surface area (Å²) in [6.45, 7) is 3.84. The van der Waals surface area contributed by atoms with E-state index in [1.54, 1.807) is 6.92 Å². The van der Waals surface area contributed by atoms with Crippen LogP contribution in [-0.2, 0) is 9.59 Å². The summed E-state index contributed by atoms with van der Waals surface area (Å²) in [7, 11) is 0. The highest BCUT2D eigenvalue weighted by Gasteiger charge is 2.40. The predicted molar refractivity (Wildman–Crippen MR) is 112 cm³/mol. The van der Waals surface area contributed by atoms with Crippen molar-refractivity contribution in [3.8, 4) is 0 Å². The lowest BCUT2D eigenvalue weighted by Crippen LogP contribution is -2.38. The summed E-state index contributed by atoms with van der Waals surface area (Å²) in [4.78, 5) is 23.3. The molecule has 28 heavy (non-hydrogen) atoms. The Hall–Kier alpha value is -0.740. The van der Waals surface area contributed by atoms with Crippen molar-refractivity contribution >= 4 is 11.6 Å². The van der Waals surface area contributed by atoms with Crippen LogP contribution in [-0.4, -0.2) is 34.0 Å². The van der Waals surface area contributed by atoms with Crippen LogP contribution in [0.15, 0.2) is 0 Å². The van der Waals surface area contributed by atoms with E-state index in [9.17, 15) is 19.8 Å². The van der Waals surface area contributed by atoms with Gasteiger partial charge in [-0.25, -0.2) is 0 Å². The van der Waals surface area contributed by atoms with Gasteiger partial charge in [-0.15, -0.1) is 0 Å². The maximum absolute atomic E-state index is 12.3. The Bertz CT molecular complexity index is 497. The molecule has 0 radical (unpaired) electrons. The van der Waals surface area contributed by atoms with E-state index in [2.05, 4.69) is 6.92 Å². The smallest absolute Gasteiger partial charge is 0.138 e. The number of aliphatic hydroxyl groups is 2. The predicted octanol–water partition coefficient (Wildman–Crippen LogP) is 4.98. The summed E-state index contributed by atoms with van der Waals surface area (Å²) in [5.74, 6) is 0.652. The zero-order valence-electron chi connectivity index (χ0n) is 18.1. The lowest BCUT2D eigenvalue weighted by molar-refractivity contribution is -0.121. The fourth-order valence-corrected chi connectivity index (χ4v) is 5.19. The van der Waals surface area contributed by atoms with Crippen molar-refractivity contribution < 1.29 is 19.8 Å². The van der Waals surface area contributed by atoms with Gasteiger partial charge in [0.15, 0.2) is 0 Å². The van der Waals surface area contributed by atoms with Crippen LogP contribution in [0.4, 0.5) is 0 Å².